The van der Waals surface area contributed by atoms with Gasteiger partial charge in [-0.15, -0.1) is 6.58 Å². The van der Waals surface area contributed by atoms with Crippen molar-refractivity contribution >= 4 is 31.6 Å². The maximum Gasteiger partial charge on any atom is 0.331 e. The third-order valence-corrected chi connectivity index (χ3v) is 8.44. The van der Waals surface area contributed by atoms with E-state index in [0.29, 0.717) is 21.5 Å². The second-order valence-electron chi connectivity index (χ2n) is 8.15. The molecular formula is C26H30BrN3O5S. The van der Waals surface area contributed by atoms with E-state index >= 15 is 0 Å². The fourth-order valence-corrected chi connectivity index (χ4v) is 5.84. The molecule has 0 fully saturated rings. The number of allylic oxidation sites excluding steroid dienone is 1. The number of benzene rings is 2. The highest BCUT2D eigenvalue weighted by molar-refractivity contribution is 9.10. The van der Waals surface area contributed by atoms with E-state index in [1.807, 2.05) is 6.92 Å². The SMILES string of the molecule is C=CCc1c(N(Cc2cc(OC)ccc2Br)S(=O)(=O)c2ccc(C)cc2)c(=O)n(CC)c(=O)n1CC. The predicted molar refractivity (Wildman–Crippen MR) is 145 cm³/mol. The zero-order valence-corrected chi connectivity index (χ0v) is 23.2. The van der Waals surface area contributed by atoms with E-state index in [9.17, 15) is 18.0 Å². The van der Waals surface area contributed by atoms with Gasteiger partial charge in [0.25, 0.3) is 15.6 Å². The predicted octanol–water partition coefficient (Wildman–Crippen LogP) is 4.25. The summed E-state index contributed by atoms with van der Waals surface area (Å²) in [5.74, 6) is 0.539. The molecule has 0 bridgehead atoms. The van der Waals surface area contributed by atoms with Crippen LogP contribution in [0.1, 0.15) is 30.7 Å². The molecule has 1 heterocycles. The van der Waals surface area contributed by atoms with Crippen molar-refractivity contribution in [2.45, 2.75) is 51.7 Å². The molecule has 0 saturated carbocycles. The van der Waals surface area contributed by atoms with Crippen LogP contribution in [-0.2, 0) is 36.1 Å². The van der Waals surface area contributed by atoms with Crippen LogP contribution in [-0.4, -0.2) is 24.7 Å². The molecule has 0 aliphatic heterocycles. The summed E-state index contributed by atoms with van der Waals surface area (Å²) in [4.78, 5) is 26.8. The molecule has 36 heavy (non-hydrogen) atoms. The van der Waals surface area contributed by atoms with Crippen molar-refractivity contribution in [3.63, 3.8) is 0 Å². The summed E-state index contributed by atoms with van der Waals surface area (Å²) in [6, 6.07) is 11.6. The molecule has 0 spiro atoms. The Morgan fingerprint density at radius 2 is 1.69 bits per heavy atom. The van der Waals surface area contributed by atoms with Crippen molar-refractivity contribution in [3.05, 3.63) is 97.3 Å². The van der Waals surface area contributed by atoms with Gasteiger partial charge in [0.15, 0.2) is 0 Å². The summed E-state index contributed by atoms with van der Waals surface area (Å²) in [7, 11) is -2.70. The zero-order chi connectivity index (χ0) is 26.6. The largest absolute Gasteiger partial charge is 0.497 e. The molecule has 0 N–H and O–H groups in total. The molecule has 2 aromatic carbocycles. The average molecular weight is 577 g/mol. The number of hydrogen-bond donors (Lipinski definition) is 0. The highest BCUT2D eigenvalue weighted by Gasteiger charge is 2.32. The minimum atomic E-state index is -4.22. The number of aryl methyl sites for hydroxylation is 1. The number of anilines is 1. The highest BCUT2D eigenvalue weighted by atomic mass is 79.9. The lowest BCUT2D eigenvalue weighted by atomic mass is 10.2. The molecule has 8 nitrogen and oxygen atoms in total. The van der Waals surface area contributed by atoms with Crippen LogP contribution in [0.2, 0.25) is 0 Å². The van der Waals surface area contributed by atoms with Crippen LogP contribution in [0.3, 0.4) is 0 Å². The third kappa shape index (κ3) is 5.19. The van der Waals surface area contributed by atoms with Crippen molar-refractivity contribution < 1.29 is 13.2 Å². The van der Waals surface area contributed by atoms with Gasteiger partial charge in [0, 0.05) is 24.0 Å². The van der Waals surface area contributed by atoms with Gasteiger partial charge in [-0.1, -0.05) is 39.7 Å². The number of hydrogen-bond acceptors (Lipinski definition) is 5. The molecule has 0 radical (unpaired) electrons. The summed E-state index contributed by atoms with van der Waals surface area (Å²) < 4.78 is 37.8. The monoisotopic (exact) mass is 575 g/mol. The molecule has 3 rings (SSSR count). The van der Waals surface area contributed by atoms with E-state index in [1.165, 1.54) is 23.8 Å². The summed E-state index contributed by atoms with van der Waals surface area (Å²) in [5.41, 5.74) is 0.553. The molecule has 0 saturated heterocycles. The van der Waals surface area contributed by atoms with Gasteiger partial charge in [-0.2, -0.15) is 0 Å². The number of aromatic nitrogens is 2. The average Bonchev–Trinajstić information content (AvgIpc) is 2.85. The molecule has 0 aliphatic carbocycles. The van der Waals surface area contributed by atoms with E-state index in [0.717, 1.165) is 14.4 Å². The topological polar surface area (TPSA) is 90.6 Å². The summed E-state index contributed by atoms with van der Waals surface area (Å²) in [5, 5.41) is 0. The molecule has 1 aromatic heterocycles. The van der Waals surface area contributed by atoms with Crippen LogP contribution < -0.4 is 20.3 Å². The maximum absolute atomic E-state index is 14.1. The minimum absolute atomic E-state index is 0.0355. The summed E-state index contributed by atoms with van der Waals surface area (Å²) in [6.07, 6.45) is 1.69. The van der Waals surface area contributed by atoms with Gasteiger partial charge >= 0.3 is 5.69 Å². The number of sulfonamides is 1. The molecule has 0 unspecified atom stereocenters. The van der Waals surface area contributed by atoms with Crippen LogP contribution in [0.5, 0.6) is 5.75 Å². The van der Waals surface area contributed by atoms with Gasteiger partial charge in [0.1, 0.15) is 11.4 Å². The van der Waals surface area contributed by atoms with E-state index in [1.54, 1.807) is 50.3 Å². The van der Waals surface area contributed by atoms with Gasteiger partial charge < -0.3 is 4.74 Å². The summed E-state index contributed by atoms with van der Waals surface area (Å²) in [6.45, 7) is 9.28. The first-order chi connectivity index (χ1) is 17.1. The van der Waals surface area contributed by atoms with Crippen molar-refractivity contribution in [3.8, 4) is 5.75 Å². The van der Waals surface area contributed by atoms with Crippen LogP contribution in [0, 0.1) is 6.92 Å². The third-order valence-electron chi connectivity index (χ3n) is 5.90. The van der Waals surface area contributed by atoms with E-state index in [2.05, 4.69) is 22.5 Å². The first-order valence-electron chi connectivity index (χ1n) is 11.5. The highest BCUT2D eigenvalue weighted by Crippen LogP contribution is 2.30. The standard InChI is InChI=1S/C26H30BrN3O5S/c1-6-9-23-24(25(31)29(8-3)26(32)28(23)7-2)30(17-19-16-20(35-5)12-15-22(19)27)36(33,34)21-13-10-18(4)11-14-21/h6,10-16H,1,7-9,17H2,2-5H3. The lowest BCUT2D eigenvalue weighted by Crippen LogP contribution is -2.46. The number of halogens is 1. The maximum atomic E-state index is 14.1. The Balaban J connectivity index is 2.43. The molecular weight excluding hydrogens is 546 g/mol. The quantitative estimate of drug-likeness (QED) is 0.337. The van der Waals surface area contributed by atoms with E-state index in [-0.39, 0.29) is 36.6 Å². The Bertz CT molecular complexity index is 1490. The Kier molecular flexibility index (Phi) is 8.63. The molecule has 0 atom stereocenters. The van der Waals surface area contributed by atoms with Crippen molar-refractivity contribution in [1.82, 2.24) is 9.13 Å². The van der Waals surface area contributed by atoms with Gasteiger partial charge in [-0.25, -0.2) is 13.2 Å². The fraction of sp³-hybridized carbons (Fsp3) is 0.308. The van der Waals surface area contributed by atoms with Crippen LogP contribution >= 0.6 is 15.9 Å². The van der Waals surface area contributed by atoms with Crippen molar-refractivity contribution in [2.75, 3.05) is 11.4 Å². The van der Waals surface area contributed by atoms with Gasteiger partial charge in [-0.3, -0.25) is 18.2 Å². The first kappa shape index (κ1) is 27.5. The Labute approximate surface area is 219 Å². The van der Waals surface area contributed by atoms with Crippen molar-refractivity contribution in [2.24, 2.45) is 0 Å². The van der Waals surface area contributed by atoms with Crippen molar-refractivity contribution in [1.29, 1.82) is 0 Å². The van der Waals surface area contributed by atoms with Crippen LogP contribution in [0.15, 0.2) is 74.1 Å². The van der Waals surface area contributed by atoms with E-state index in [4.69, 9.17) is 4.74 Å². The zero-order valence-electron chi connectivity index (χ0n) is 20.8. The molecule has 0 amide bonds. The molecule has 192 valence electrons. The fourth-order valence-electron chi connectivity index (χ4n) is 4.00. The second kappa shape index (κ2) is 11.3. The smallest absolute Gasteiger partial charge is 0.331 e. The lowest BCUT2D eigenvalue weighted by molar-refractivity contribution is 0.414. The number of methoxy groups -OCH3 is 1. The molecule has 0 aliphatic rings. The first-order valence-corrected chi connectivity index (χ1v) is 13.7. The lowest BCUT2D eigenvalue weighted by Gasteiger charge is -2.28. The number of ether oxygens (including phenoxy) is 1. The van der Waals surface area contributed by atoms with Crippen LogP contribution in [0.25, 0.3) is 0 Å². The van der Waals surface area contributed by atoms with Gasteiger partial charge in [0.2, 0.25) is 0 Å². The van der Waals surface area contributed by atoms with E-state index < -0.39 is 21.3 Å². The van der Waals surface area contributed by atoms with Gasteiger partial charge in [-0.05, 0) is 56.7 Å². The Morgan fingerprint density at radius 1 is 1.06 bits per heavy atom. The normalized spacial score (nSPS) is 11.4. The number of rotatable bonds is 10. The van der Waals surface area contributed by atoms with Gasteiger partial charge in [0.05, 0.1) is 24.2 Å². The second-order valence-corrected chi connectivity index (χ2v) is 10.9. The minimum Gasteiger partial charge on any atom is -0.497 e. The molecule has 3 aromatic rings. The Hall–Kier alpha value is -3.11. The molecule has 10 heteroatoms. The summed E-state index contributed by atoms with van der Waals surface area (Å²) >= 11 is 3.50. The Morgan fingerprint density at radius 3 is 2.25 bits per heavy atom. The number of nitrogens with zero attached hydrogens (tertiary/aromatic N) is 3. The van der Waals surface area contributed by atoms with Crippen LogP contribution in [0.4, 0.5) is 5.69 Å².